The number of nitrogens with one attached hydrogen (secondary N) is 1. The smallest absolute Gasteiger partial charge is 0.336 e. The van der Waals surface area contributed by atoms with Crippen LogP contribution in [0, 0.1) is 23.2 Å². The molecular weight excluding hydrogens is 306 g/mol. The summed E-state index contributed by atoms with van der Waals surface area (Å²) in [5.74, 6) is 2.55. The molecule has 134 valence electrons. The van der Waals surface area contributed by atoms with Crippen LogP contribution in [-0.2, 0) is 11.2 Å². The summed E-state index contributed by atoms with van der Waals surface area (Å²) in [5, 5.41) is 7.92. The third-order valence-electron chi connectivity index (χ3n) is 5.75. The van der Waals surface area contributed by atoms with Gasteiger partial charge in [0, 0.05) is 29.2 Å². The van der Waals surface area contributed by atoms with Gasteiger partial charge >= 0.3 is 5.17 Å². The second-order valence-electron chi connectivity index (χ2n) is 7.58. The summed E-state index contributed by atoms with van der Waals surface area (Å²) in [4.78, 5) is 6.97. The first-order chi connectivity index (χ1) is 10.6. The molecule has 1 aliphatic rings. The Labute approximate surface area is 145 Å². The lowest BCUT2D eigenvalue weighted by atomic mass is 9.60. The molecule has 0 radical (unpaired) electrons. The zero-order valence-electron chi connectivity index (χ0n) is 16.1. The molecule has 4 nitrogen and oxygen atoms in total. The van der Waals surface area contributed by atoms with Crippen LogP contribution in [0.5, 0.6) is 0 Å². The molecule has 1 N–H and O–H groups in total. The molecule has 23 heavy (non-hydrogen) atoms. The van der Waals surface area contributed by atoms with Gasteiger partial charge in [-0.3, -0.25) is 0 Å². The number of rotatable bonds is 5. The van der Waals surface area contributed by atoms with E-state index in [0.717, 1.165) is 12.3 Å². The van der Waals surface area contributed by atoms with Gasteiger partial charge < -0.3 is 9.45 Å². The van der Waals surface area contributed by atoms with E-state index in [4.69, 9.17) is 5.41 Å². The summed E-state index contributed by atoms with van der Waals surface area (Å²) >= 11 is -1.33. The zero-order valence-corrected chi connectivity index (χ0v) is 17.0. The second-order valence-corrected chi connectivity index (χ2v) is 8.88. The van der Waals surface area contributed by atoms with Crippen LogP contribution in [0.3, 0.4) is 0 Å². The third kappa shape index (κ3) is 3.93. The van der Waals surface area contributed by atoms with E-state index in [9.17, 15) is 4.55 Å². The van der Waals surface area contributed by atoms with Crippen molar-refractivity contribution in [3.8, 4) is 0 Å². The summed E-state index contributed by atoms with van der Waals surface area (Å²) in [6.45, 7) is 15.8. The first kappa shape index (κ1) is 20.5. The molecule has 0 aliphatic heterocycles. The second kappa shape index (κ2) is 8.02. The number of nitrogens with zero attached hydrogens (tertiary/aromatic N) is 2. The largest absolute Gasteiger partial charge is 0.609 e. The molecule has 0 aromatic carbocycles. The number of hydrogen-bond acceptors (Lipinski definition) is 2. The molecule has 3 unspecified atom stereocenters. The van der Waals surface area contributed by atoms with Gasteiger partial charge in [-0.15, -0.1) is 0 Å². The van der Waals surface area contributed by atoms with E-state index in [2.05, 4.69) is 58.4 Å². The van der Waals surface area contributed by atoms with Crippen molar-refractivity contribution in [2.45, 2.75) is 79.3 Å². The molecule has 0 saturated heterocycles. The molecule has 4 atom stereocenters. The van der Waals surface area contributed by atoms with Gasteiger partial charge in [0.25, 0.3) is 0 Å². The fraction of sp³-hybridized carbons (Fsp3) is 0.889. The first-order valence-electron chi connectivity index (χ1n) is 8.88. The standard InChI is InChI=1S/C18H35N3OS/c1-9-16(20-17(19)23(8)22)21(15(7)12(2)3)18(13(4)5)11-10-14(18)6/h12-15,19H,9-11H2,1-8H3/b19-17?,20-16+/t14-,15?,18?,23?/m1/s1. The Kier molecular flexibility index (Phi) is 7.14. The summed E-state index contributed by atoms with van der Waals surface area (Å²) < 4.78 is 11.6. The molecule has 0 spiro atoms. The van der Waals surface area contributed by atoms with Crippen molar-refractivity contribution in [2.24, 2.45) is 22.7 Å². The Morgan fingerprint density at radius 3 is 2.17 bits per heavy atom. The molecule has 5 heteroatoms. The fourth-order valence-electron chi connectivity index (χ4n) is 3.86. The normalized spacial score (nSPS) is 27.8. The van der Waals surface area contributed by atoms with E-state index in [1.807, 2.05) is 0 Å². The van der Waals surface area contributed by atoms with Gasteiger partial charge in [-0.1, -0.05) is 41.5 Å². The highest BCUT2D eigenvalue weighted by Crippen LogP contribution is 2.50. The predicted octanol–water partition coefficient (Wildman–Crippen LogP) is 4.28. The van der Waals surface area contributed by atoms with Crippen molar-refractivity contribution in [1.82, 2.24) is 4.90 Å². The summed E-state index contributed by atoms with van der Waals surface area (Å²) in [7, 11) is 0. The molecule has 0 aromatic heterocycles. The monoisotopic (exact) mass is 341 g/mol. The van der Waals surface area contributed by atoms with E-state index in [1.165, 1.54) is 19.1 Å². The molecule has 0 aromatic rings. The van der Waals surface area contributed by atoms with Crippen LogP contribution in [0.4, 0.5) is 0 Å². The molecule has 0 amide bonds. The molecular formula is C18H35N3OS. The zero-order chi connectivity index (χ0) is 17.9. The average molecular weight is 342 g/mol. The molecule has 1 fully saturated rings. The SMILES string of the molecule is CC/C(=N\C(=N)[S+](C)[O-])N(C(C)C(C)C)C1(C(C)C)CC[C@H]1C. The van der Waals surface area contributed by atoms with Crippen LogP contribution >= 0.6 is 0 Å². The van der Waals surface area contributed by atoms with Crippen LogP contribution in [0.25, 0.3) is 0 Å². The maximum absolute atomic E-state index is 11.6. The molecule has 1 rings (SSSR count). The summed E-state index contributed by atoms with van der Waals surface area (Å²) in [6.07, 6.45) is 4.70. The highest BCUT2D eigenvalue weighted by Gasteiger charge is 2.53. The van der Waals surface area contributed by atoms with Crippen molar-refractivity contribution in [3.05, 3.63) is 0 Å². The molecule has 0 heterocycles. The lowest BCUT2D eigenvalue weighted by Crippen LogP contribution is -2.67. The minimum atomic E-state index is -1.33. The molecule has 1 aliphatic carbocycles. The Bertz CT molecular complexity index is 441. The van der Waals surface area contributed by atoms with Gasteiger partial charge in [0.2, 0.25) is 0 Å². The van der Waals surface area contributed by atoms with E-state index in [-0.39, 0.29) is 10.7 Å². The molecule has 1 saturated carbocycles. The van der Waals surface area contributed by atoms with Crippen LogP contribution < -0.4 is 0 Å². The Hall–Kier alpha value is -0.550. The number of amidine groups is 2. The third-order valence-corrected chi connectivity index (χ3v) is 6.38. The maximum atomic E-state index is 11.6. The van der Waals surface area contributed by atoms with Crippen LogP contribution in [-0.4, -0.2) is 38.3 Å². The predicted molar refractivity (Wildman–Crippen MR) is 102 cm³/mol. The minimum Gasteiger partial charge on any atom is -0.609 e. The topological polar surface area (TPSA) is 62.5 Å². The van der Waals surface area contributed by atoms with Gasteiger partial charge in [0.15, 0.2) is 0 Å². The molecule has 0 bridgehead atoms. The Balaban J connectivity index is 3.37. The van der Waals surface area contributed by atoms with Gasteiger partial charge in [-0.05, 0) is 37.5 Å². The lowest BCUT2D eigenvalue weighted by molar-refractivity contribution is -0.0566. The Morgan fingerprint density at radius 2 is 1.91 bits per heavy atom. The minimum absolute atomic E-state index is 0.0197. The van der Waals surface area contributed by atoms with Gasteiger partial charge in [0.05, 0.1) is 0 Å². The van der Waals surface area contributed by atoms with E-state index in [1.54, 1.807) is 0 Å². The summed E-state index contributed by atoms with van der Waals surface area (Å²) in [6, 6.07) is 0.344. The average Bonchev–Trinajstić information content (AvgIpc) is 2.47. The van der Waals surface area contributed by atoms with E-state index < -0.39 is 11.2 Å². The number of aliphatic imine (C=N–C) groups is 1. The maximum Gasteiger partial charge on any atom is 0.336 e. The lowest BCUT2D eigenvalue weighted by Gasteiger charge is -2.61. The van der Waals surface area contributed by atoms with Crippen molar-refractivity contribution >= 4 is 22.2 Å². The van der Waals surface area contributed by atoms with Crippen molar-refractivity contribution in [1.29, 1.82) is 5.41 Å². The van der Waals surface area contributed by atoms with Crippen molar-refractivity contribution in [2.75, 3.05) is 6.26 Å². The highest BCUT2D eigenvalue weighted by molar-refractivity contribution is 8.05. The van der Waals surface area contributed by atoms with Gasteiger partial charge in [-0.2, -0.15) is 4.99 Å². The van der Waals surface area contributed by atoms with Gasteiger partial charge in [0.1, 0.15) is 12.1 Å². The van der Waals surface area contributed by atoms with E-state index >= 15 is 0 Å². The quantitative estimate of drug-likeness (QED) is 0.461. The highest BCUT2D eigenvalue weighted by atomic mass is 32.2. The van der Waals surface area contributed by atoms with Crippen molar-refractivity contribution in [3.63, 3.8) is 0 Å². The van der Waals surface area contributed by atoms with Gasteiger partial charge in [-0.25, -0.2) is 5.41 Å². The first-order valence-corrected chi connectivity index (χ1v) is 10.4. The van der Waals surface area contributed by atoms with Crippen LogP contribution in [0.1, 0.15) is 67.7 Å². The van der Waals surface area contributed by atoms with E-state index in [0.29, 0.717) is 23.8 Å². The number of hydrogen-bond donors (Lipinski definition) is 1. The van der Waals surface area contributed by atoms with Crippen molar-refractivity contribution < 1.29 is 4.55 Å². The van der Waals surface area contributed by atoms with Crippen LogP contribution in [0.15, 0.2) is 4.99 Å². The Morgan fingerprint density at radius 1 is 1.35 bits per heavy atom. The fourth-order valence-corrected chi connectivity index (χ4v) is 4.09. The van der Waals surface area contributed by atoms with Crippen LogP contribution in [0.2, 0.25) is 0 Å². The summed E-state index contributed by atoms with van der Waals surface area (Å²) in [5.41, 5.74) is 0.105.